The van der Waals surface area contributed by atoms with E-state index in [0.29, 0.717) is 12.0 Å². The quantitative estimate of drug-likeness (QED) is 0.353. The third-order valence-corrected chi connectivity index (χ3v) is 5.98. The van der Waals surface area contributed by atoms with Gasteiger partial charge in [-0.3, -0.25) is 0 Å². The predicted octanol–water partition coefficient (Wildman–Crippen LogP) is -1.73. The molecule has 3 heterocycles. The van der Waals surface area contributed by atoms with E-state index in [9.17, 15) is 25.2 Å². The number of methoxy groups -OCH3 is 2. The molecule has 0 bridgehead atoms. The van der Waals surface area contributed by atoms with Crippen LogP contribution < -0.4 is 0 Å². The number of aliphatic hydroxyl groups excluding tert-OH is 4. The van der Waals surface area contributed by atoms with E-state index in [0.717, 1.165) is 0 Å². The van der Waals surface area contributed by atoms with Crippen LogP contribution in [0.15, 0.2) is 11.8 Å². The van der Waals surface area contributed by atoms with E-state index in [4.69, 9.17) is 28.4 Å². The largest absolute Gasteiger partial charge is 0.495 e. The SMILES string of the molecule is COC(=O)C1=CO[C@@H](CO[C@@H]2O[C@H](CO)[C@@H](O)[C@H](O)[C@H]2O)[C@@H]2[C@H](C)O[C@@H](OC)C[C@H]12. The molecule has 4 N–H and O–H groups in total. The van der Waals surface area contributed by atoms with Gasteiger partial charge >= 0.3 is 5.97 Å². The van der Waals surface area contributed by atoms with Crippen molar-refractivity contribution in [3.05, 3.63) is 11.8 Å². The van der Waals surface area contributed by atoms with Gasteiger partial charge in [0, 0.05) is 25.4 Å². The second-order valence-electron chi connectivity index (χ2n) is 7.70. The standard InChI is InChI=1S/C19H30O11/c1-8-14-9(4-13(25-2)29-8)10(18(24)26-3)6-27-12(14)7-28-19-17(23)16(22)15(21)11(5-20)30-19/h6,8-9,11-17,19-23H,4-5,7H2,1-3H3/t8-,9+,11+,12-,13+,14+,15+,16-,17+,19+/m0/s1. The molecule has 0 amide bonds. The van der Waals surface area contributed by atoms with Crippen molar-refractivity contribution in [1.29, 1.82) is 0 Å². The van der Waals surface area contributed by atoms with E-state index >= 15 is 0 Å². The van der Waals surface area contributed by atoms with Crippen molar-refractivity contribution >= 4 is 5.97 Å². The van der Waals surface area contributed by atoms with Crippen molar-refractivity contribution in [2.75, 3.05) is 27.4 Å². The Morgan fingerprint density at radius 1 is 1.13 bits per heavy atom. The van der Waals surface area contributed by atoms with Gasteiger partial charge in [0.2, 0.25) is 0 Å². The summed E-state index contributed by atoms with van der Waals surface area (Å²) in [4.78, 5) is 12.2. The number of carbonyl (C=O) groups excluding carboxylic acids is 1. The first-order chi connectivity index (χ1) is 14.3. The normalized spacial score (nSPS) is 43.9. The first kappa shape index (κ1) is 23.4. The lowest BCUT2D eigenvalue weighted by Crippen LogP contribution is -2.59. The highest BCUT2D eigenvalue weighted by Gasteiger charge is 2.49. The van der Waals surface area contributed by atoms with Crippen molar-refractivity contribution < 1.29 is 53.6 Å². The van der Waals surface area contributed by atoms with Crippen LogP contribution >= 0.6 is 0 Å². The Hall–Kier alpha value is -1.31. The molecule has 0 aromatic heterocycles. The molecule has 3 rings (SSSR count). The van der Waals surface area contributed by atoms with Gasteiger partial charge in [-0.25, -0.2) is 4.79 Å². The lowest BCUT2D eigenvalue weighted by molar-refractivity contribution is -0.308. The average molecular weight is 434 g/mol. The van der Waals surface area contributed by atoms with Gasteiger partial charge in [-0.1, -0.05) is 0 Å². The van der Waals surface area contributed by atoms with Crippen molar-refractivity contribution in [1.82, 2.24) is 0 Å². The van der Waals surface area contributed by atoms with Crippen LogP contribution in [0.5, 0.6) is 0 Å². The Morgan fingerprint density at radius 3 is 2.50 bits per heavy atom. The molecule has 3 aliphatic heterocycles. The van der Waals surface area contributed by atoms with Gasteiger partial charge in [0.1, 0.15) is 30.5 Å². The zero-order chi connectivity index (χ0) is 22.0. The molecule has 11 nitrogen and oxygen atoms in total. The first-order valence-corrected chi connectivity index (χ1v) is 9.86. The fraction of sp³-hybridized carbons (Fsp3) is 0.842. The zero-order valence-corrected chi connectivity index (χ0v) is 17.1. The van der Waals surface area contributed by atoms with Crippen LogP contribution in [0.25, 0.3) is 0 Å². The second kappa shape index (κ2) is 9.88. The van der Waals surface area contributed by atoms with Crippen LogP contribution in [0.4, 0.5) is 0 Å². The molecule has 0 spiro atoms. The summed E-state index contributed by atoms with van der Waals surface area (Å²) >= 11 is 0. The topological polar surface area (TPSA) is 153 Å². The highest BCUT2D eigenvalue weighted by atomic mass is 16.7. The minimum Gasteiger partial charge on any atom is -0.495 e. The minimum atomic E-state index is -1.54. The summed E-state index contributed by atoms with van der Waals surface area (Å²) in [5.74, 6) is -1.04. The number of hydrogen-bond donors (Lipinski definition) is 4. The van der Waals surface area contributed by atoms with E-state index in [1.54, 1.807) is 0 Å². The summed E-state index contributed by atoms with van der Waals surface area (Å²) in [5, 5.41) is 39.3. The number of carbonyl (C=O) groups is 1. The first-order valence-electron chi connectivity index (χ1n) is 9.86. The van der Waals surface area contributed by atoms with E-state index in [1.807, 2.05) is 6.92 Å². The smallest absolute Gasteiger partial charge is 0.337 e. The number of hydrogen-bond acceptors (Lipinski definition) is 11. The molecule has 3 aliphatic rings. The molecular formula is C19H30O11. The van der Waals surface area contributed by atoms with Crippen LogP contribution in [0.1, 0.15) is 13.3 Å². The Bertz CT molecular complexity index is 624. The predicted molar refractivity (Wildman–Crippen MR) is 97.6 cm³/mol. The van der Waals surface area contributed by atoms with Gasteiger partial charge in [-0.15, -0.1) is 0 Å². The van der Waals surface area contributed by atoms with E-state index in [2.05, 4.69) is 0 Å². The summed E-state index contributed by atoms with van der Waals surface area (Å²) < 4.78 is 32.8. The molecule has 2 fully saturated rings. The second-order valence-corrected chi connectivity index (χ2v) is 7.70. The Balaban J connectivity index is 1.73. The van der Waals surface area contributed by atoms with Crippen molar-refractivity contribution in [2.24, 2.45) is 11.8 Å². The Kier molecular flexibility index (Phi) is 7.69. The van der Waals surface area contributed by atoms with E-state index in [-0.39, 0.29) is 24.5 Å². The Morgan fingerprint density at radius 2 is 1.87 bits per heavy atom. The molecule has 10 atom stereocenters. The lowest BCUT2D eigenvalue weighted by Gasteiger charge is -2.46. The van der Waals surface area contributed by atoms with Gasteiger partial charge < -0.3 is 48.8 Å². The maximum atomic E-state index is 12.2. The monoisotopic (exact) mass is 434 g/mol. The van der Waals surface area contributed by atoms with Crippen molar-refractivity contribution in [3.63, 3.8) is 0 Å². The minimum absolute atomic E-state index is 0.0554. The summed E-state index contributed by atoms with van der Waals surface area (Å²) in [6, 6.07) is 0. The summed E-state index contributed by atoms with van der Waals surface area (Å²) in [5.41, 5.74) is 0.379. The molecular weight excluding hydrogens is 404 g/mol. The number of aliphatic hydroxyl groups is 4. The summed E-state index contributed by atoms with van der Waals surface area (Å²) in [6.07, 6.45) is -6.48. The molecule has 172 valence electrons. The van der Waals surface area contributed by atoms with Crippen LogP contribution in [0, 0.1) is 11.8 Å². The molecule has 0 unspecified atom stereocenters. The van der Waals surface area contributed by atoms with E-state index in [1.165, 1.54) is 20.5 Å². The number of esters is 1. The fourth-order valence-electron chi connectivity index (χ4n) is 4.33. The number of ether oxygens (including phenoxy) is 6. The van der Waals surface area contributed by atoms with Gasteiger partial charge in [0.05, 0.1) is 38.3 Å². The molecule has 0 aliphatic carbocycles. The lowest BCUT2D eigenvalue weighted by atomic mass is 9.74. The van der Waals surface area contributed by atoms with Gasteiger partial charge in [0.15, 0.2) is 12.6 Å². The van der Waals surface area contributed by atoms with E-state index < -0.39 is 55.7 Å². The van der Waals surface area contributed by atoms with Gasteiger partial charge in [0.25, 0.3) is 0 Å². The number of fused-ring (bicyclic) bond motifs is 1. The summed E-state index contributed by atoms with van der Waals surface area (Å²) in [6.45, 7) is 1.23. The van der Waals surface area contributed by atoms with Crippen LogP contribution in [0.3, 0.4) is 0 Å². The molecule has 11 heteroatoms. The maximum absolute atomic E-state index is 12.2. The number of rotatable bonds is 6. The fourth-order valence-corrected chi connectivity index (χ4v) is 4.33. The Labute approximate surface area is 174 Å². The molecule has 0 saturated carbocycles. The van der Waals surface area contributed by atoms with Crippen molar-refractivity contribution in [2.45, 2.75) is 62.5 Å². The van der Waals surface area contributed by atoms with Crippen LogP contribution in [-0.2, 0) is 33.2 Å². The molecule has 0 aromatic carbocycles. The maximum Gasteiger partial charge on any atom is 0.337 e. The highest BCUT2D eigenvalue weighted by Crippen LogP contribution is 2.42. The molecule has 2 saturated heterocycles. The molecule has 0 radical (unpaired) electrons. The molecule has 30 heavy (non-hydrogen) atoms. The zero-order valence-electron chi connectivity index (χ0n) is 17.1. The van der Waals surface area contributed by atoms with Crippen LogP contribution in [0.2, 0.25) is 0 Å². The van der Waals surface area contributed by atoms with Gasteiger partial charge in [-0.2, -0.15) is 0 Å². The average Bonchev–Trinajstić information content (AvgIpc) is 2.76. The molecule has 0 aromatic rings. The van der Waals surface area contributed by atoms with Crippen molar-refractivity contribution in [3.8, 4) is 0 Å². The highest BCUT2D eigenvalue weighted by molar-refractivity contribution is 5.88. The van der Waals surface area contributed by atoms with Crippen LogP contribution in [-0.4, -0.2) is 103 Å². The summed E-state index contributed by atoms with van der Waals surface area (Å²) in [7, 11) is 2.82. The third-order valence-electron chi connectivity index (χ3n) is 5.98. The van der Waals surface area contributed by atoms with Gasteiger partial charge in [-0.05, 0) is 6.92 Å². The third kappa shape index (κ3) is 4.48.